The summed E-state index contributed by atoms with van der Waals surface area (Å²) in [6, 6.07) is 10.4. The number of benzene rings is 1. The van der Waals surface area contributed by atoms with Gasteiger partial charge in [-0.2, -0.15) is 5.10 Å². The van der Waals surface area contributed by atoms with E-state index in [9.17, 15) is 9.59 Å². The summed E-state index contributed by atoms with van der Waals surface area (Å²) in [5.74, 6) is 0.508. The molecule has 3 rings (SSSR count). The number of anilines is 1. The van der Waals surface area contributed by atoms with Crippen molar-refractivity contribution in [3.8, 4) is 11.3 Å². The van der Waals surface area contributed by atoms with E-state index in [1.165, 1.54) is 18.9 Å². The van der Waals surface area contributed by atoms with Crippen LogP contribution in [-0.4, -0.2) is 28.8 Å². The molecule has 0 radical (unpaired) electrons. The van der Waals surface area contributed by atoms with Crippen molar-refractivity contribution in [1.29, 1.82) is 0 Å². The van der Waals surface area contributed by atoms with Crippen molar-refractivity contribution in [2.24, 2.45) is 5.92 Å². The number of H-pyrrole nitrogens is 1. The summed E-state index contributed by atoms with van der Waals surface area (Å²) >= 11 is 0. The second-order valence-electron chi connectivity index (χ2n) is 6.64. The van der Waals surface area contributed by atoms with E-state index < -0.39 is 0 Å². The van der Waals surface area contributed by atoms with E-state index in [2.05, 4.69) is 22.4 Å². The van der Waals surface area contributed by atoms with Crippen LogP contribution >= 0.6 is 0 Å². The zero-order chi connectivity index (χ0) is 17.6. The summed E-state index contributed by atoms with van der Waals surface area (Å²) in [5, 5.41) is 9.25. The fraction of sp³-hybridized carbons (Fsp3) is 0.421. The van der Waals surface area contributed by atoms with Gasteiger partial charge in [0, 0.05) is 17.3 Å². The average molecular weight is 341 g/mol. The molecule has 1 aromatic heterocycles. The number of carbonyl (C=O) groups is 1. The number of hydrogen-bond donors (Lipinski definition) is 2. The minimum Gasteiger partial charge on any atom is -0.368 e. The van der Waals surface area contributed by atoms with Gasteiger partial charge in [-0.3, -0.25) is 9.59 Å². The number of ether oxygens (including phenoxy) is 1. The highest BCUT2D eigenvalue weighted by atomic mass is 16.5. The van der Waals surface area contributed by atoms with E-state index >= 15 is 0 Å². The highest BCUT2D eigenvalue weighted by Gasteiger charge is 2.20. The molecular weight excluding hydrogens is 318 g/mol. The molecule has 0 bridgehead atoms. The number of nitrogens with one attached hydrogen (secondary N) is 2. The maximum atomic E-state index is 12.1. The largest absolute Gasteiger partial charge is 0.368 e. The number of hydrogen-bond acceptors (Lipinski definition) is 4. The molecule has 1 saturated carbocycles. The smallest absolute Gasteiger partial charge is 0.264 e. The van der Waals surface area contributed by atoms with Gasteiger partial charge in [-0.15, -0.1) is 0 Å². The van der Waals surface area contributed by atoms with Gasteiger partial charge in [0.1, 0.15) is 6.61 Å². The lowest BCUT2D eigenvalue weighted by Gasteiger charge is -2.26. The number of rotatable bonds is 5. The Bertz CT molecular complexity index is 767. The van der Waals surface area contributed by atoms with Crippen LogP contribution in [0.25, 0.3) is 11.3 Å². The summed E-state index contributed by atoms with van der Waals surface area (Å²) in [6.45, 7) is 2.30. The number of amides is 1. The van der Waals surface area contributed by atoms with Gasteiger partial charge in [0.05, 0.1) is 11.8 Å². The molecule has 0 saturated heterocycles. The molecule has 1 aliphatic carbocycles. The summed E-state index contributed by atoms with van der Waals surface area (Å²) < 4.78 is 5.75. The molecule has 2 atom stereocenters. The number of aromatic amines is 1. The Hall–Kier alpha value is -2.47. The summed E-state index contributed by atoms with van der Waals surface area (Å²) in [7, 11) is 0. The molecule has 132 valence electrons. The van der Waals surface area contributed by atoms with Crippen molar-refractivity contribution in [1.82, 2.24) is 10.2 Å². The molecule has 1 aliphatic rings. The highest BCUT2D eigenvalue weighted by Crippen LogP contribution is 2.25. The topological polar surface area (TPSA) is 84.1 Å². The first-order chi connectivity index (χ1) is 12.1. The van der Waals surface area contributed by atoms with Crippen molar-refractivity contribution >= 4 is 11.6 Å². The highest BCUT2D eigenvalue weighted by molar-refractivity contribution is 5.92. The van der Waals surface area contributed by atoms with Crippen LogP contribution in [0.15, 0.2) is 41.2 Å². The van der Waals surface area contributed by atoms with Gasteiger partial charge in [0.2, 0.25) is 5.91 Å². The van der Waals surface area contributed by atoms with E-state index in [0.717, 1.165) is 18.4 Å². The standard InChI is InChI=1S/C19H23N3O3/c1-13-4-2-7-16(10-13)25-12-19(24)20-15-6-3-5-14(11-15)17-8-9-18(23)22-21-17/h3,5-6,8-9,11,13,16H,2,4,7,10,12H2,1H3,(H,20,24)(H,22,23)/t13-,16+/m0/s1. The Morgan fingerprint density at radius 2 is 2.20 bits per heavy atom. The van der Waals surface area contributed by atoms with Gasteiger partial charge in [-0.05, 0) is 37.0 Å². The maximum absolute atomic E-state index is 12.1. The molecular formula is C19H23N3O3. The second kappa shape index (κ2) is 8.07. The summed E-state index contributed by atoms with van der Waals surface area (Å²) in [5.41, 5.74) is 1.89. The van der Waals surface area contributed by atoms with Gasteiger partial charge in [-0.25, -0.2) is 5.10 Å². The third-order valence-corrected chi connectivity index (χ3v) is 4.46. The monoisotopic (exact) mass is 341 g/mol. The van der Waals surface area contributed by atoms with Crippen molar-refractivity contribution in [2.75, 3.05) is 11.9 Å². The fourth-order valence-electron chi connectivity index (χ4n) is 3.18. The van der Waals surface area contributed by atoms with E-state index in [-0.39, 0.29) is 24.2 Å². The minimum atomic E-state index is -0.248. The van der Waals surface area contributed by atoms with Crippen LogP contribution in [0.2, 0.25) is 0 Å². The van der Waals surface area contributed by atoms with Crippen LogP contribution in [0.4, 0.5) is 5.69 Å². The lowest BCUT2D eigenvalue weighted by atomic mass is 9.89. The molecule has 0 unspecified atom stereocenters. The third-order valence-electron chi connectivity index (χ3n) is 4.46. The van der Waals surface area contributed by atoms with E-state index in [1.54, 1.807) is 6.07 Å². The fourth-order valence-corrected chi connectivity index (χ4v) is 3.18. The molecule has 0 aliphatic heterocycles. The maximum Gasteiger partial charge on any atom is 0.264 e. The first kappa shape index (κ1) is 17.4. The molecule has 0 spiro atoms. The molecule has 1 aromatic carbocycles. The Labute approximate surface area is 146 Å². The predicted octanol–water partition coefficient (Wildman–Crippen LogP) is 2.97. The molecule has 2 aromatic rings. The Kier molecular flexibility index (Phi) is 5.60. The van der Waals surface area contributed by atoms with Crippen LogP contribution in [-0.2, 0) is 9.53 Å². The summed E-state index contributed by atoms with van der Waals surface area (Å²) in [6.07, 6.45) is 4.66. The SMILES string of the molecule is C[C@H]1CCC[C@@H](OCC(=O)Nc2cccc(-c3ccc(=O)[nH]n3)c2)C1. The second-order valence-corrected chi connectivity index (χ2v) is 6.64. The van der Waals surface area contributed by atoms with Crippen LogP contribution in [0.1, 0.15) is 32.6 Å². The van der Waals surface area contributed by atoms with Crippen molar-refractivity contribution in [3.63, 3.8) is 0 Å². The Balaban J connectivity index is 1.57. The van der Waals surface area contributed by atoms with Crippen molar-refractivity contribution in [2.45, 2.75) is 38.7 Å². The predicted molar refractivity (Wildman–Crippen MR) is 96.3 cm³/mol. The first-order valence-corrected chi connectivity index (χ1v) is 8.68. The van der Waals surface area contributed by atoms with Gasteiger partial charge in [-0.1, -0.05) is 31.9 Å². The van der Waals surface area contributed by atoms with Gasteiger partial charge >= 0.3 is 0 Å². The van der Waals surface area contributed by atoms with E-state index in [1.807, 2.05) is 24.3 Å². The molecule has 2 N–H and O–H groups in total. The molecule has 6 nitrogen and oxygen atoms in total. The molecule has 25 heavy (non-hydrogen) atoms. The lowest BCUT2D eigenvalue weighted by Crippen LogP contribution is -2.26. The Morgan fingerprint density at radius 1 is 1.32 bits per heavy atom. The lowest BCUT2D eigenvalue weighted by molar-refractivity contribution is -0.123. The number of nitrogens with zero attached hydrogens (tertiary/aromatic N) is 1. The van der Waals surface area contributed by atoms with Crippen molar-refractivity contribution < 1.29 is 9.53 Å². The van der Waals surface area contributed by atoms with E-state index in [4.69, 9.17) is 4.74 Å². The third kappa shape index (κ3) is 5.00. The zero-order valence-electron chi connectivity index (χ0n) is 14.3. The van der Waals surface area contributed by atoms with Gasteiger partial charge in [0.15, 0.2) is 0 Å². The quantitative estimate of drug-likeness (QED) is 0.876. The van der Waals surface area contributed by atoms with Crippen LogP contribution in [0.3, 0.4) is 0 Å². The average Bonchev–Trinajstić information content (AvgIpc) is 2.61. The molecule has 1 amide bonds. The normalized spacial score (nSPS) is 20.2. The van der Waals surface area contributed by atoms with Crippen molar-refractivity contribution in [3.05, 3.63) is 46.8 Å². The number of aromatic nitrogens is 2. The van der Waals surface area contributed by atoms with Crippen LogP contribution in [0.5, 0.6) is 0 Å². The molecule has 1 fully saturated rings. The summed E-state index contributed by atoms with van der Waals surface area (Å²) in [4.78, 5) is 23.2. The van der Waals surface area contributed by atoms with E-state index in [0.29, 0.717) is 17.3 Å². The van der Waals surface area contributed by atoms with Crippen LogP contribution < -0.4 is 10.9 Å². The number of carbonyl (C=O) groups excluding carboxylic acids is 1. The minimum absolute atomic E-state index is 0.0680. The van der Waals surface area contributed by atoms with Gasteiger partial charge < -0.3 is 10.1 Å². The molecule has 1 heterocycles. The Morgan fingerprint density at radius 3 is 2.96 bits per heavy atom. The van der Waals surface area contributed by atoms with Gasteiger partial charge in [0.25, 0.3) is 5.56 Å². The zero-order valence-corrected chi connectivity index (χ0v) is 14.3. The van der Waals surface area contributed by atoms with Crippen LogP contribution in [0, 0.1) is 5.92 Å². The molecule has 6 heteroatoms. The first-order valence-electron chi connectivity index (χ1n) is 8.68.